The van der Waals surface area contributed by atoms with Crippen molar-refractivity contribution in [1.82, 2.24) is 0 Å². The van der Waals surface area contributed by atoms with E-state index in [1.165, 1.54) is 89.9 Å². The summed E-state index contributed by atoms with van der Waals surface area (Å²) < 4.78 is 16.8. The first-order chi connectivity index (χ1) is 32.0. The maximum atomic E-state index is 12.8. The molecular formula is C59H96O6. The summed E-state index contributed by atoms with van der Waals surface area (Å²) in [7, 11) is 0. The van der Waals surface area contributed by atoms with Crippen LogP contribution in [0, 0.1) is 0 Å². The van der Waals surface area contributed by atoms with Gasteiger partial charge in [0.25, 0.3) is 0 Å². The molecular weight excluding hydrogens is 805 g/mol. The first-order valence-corrected chi connectivity index (χ1v) is 26.5. The third-order valence-corrected chi connectivity index (χ3v) is 10.9. The summed E-state index contributed by atoms with van der Waals surface area (Å²) in [6.07, 6.45) is 70.8. The highest BCUT2D eigenvalue weighted by molar-refractivity contribution is 5.71. The molecule has 0 saturated heterocycles. The van der Waals surface area contributed by atoms with E-state index in [1.807, 2.05) is 60.8 Å². The Morgan fingerprint density at radius 1 is 0.323 bits per heavy atom. The molecule has 0 bridgehead atoms. The molecule has 0 aromatic heterocycles. The average molecular weight is 901 g/mol. The number of carbonyl (C=O) groups is 3. The van der Waals surface area contributed by atoms with Crippen LogP contribution in [0.3, 0.4) is 0 Å². The van der Waals surface area contributed by atoms with Gasteiger partial charge in [-0.05, 0) is 83.5 Å². The summed E-state index contributed by atoms with van der Waals surface area (Å²) in [5.74, 6) is -0.977. The Kier molecular flexibility index (Phi) is 49.5. The minimum atomic E-state index is -0.810. The van der Waals surface area contributed by atoms with Gasteiger partial charge in [-0.25, -0.2) is 0 Å². The van der Waals surface area contributed by atoms with Gasteiger partial charge >= 0.3 is 17.9 Å². The molecule has 0 aliphatic carbocycles. The third-order valence-electron chi connectivity index (χ3n) is 10.9. The normalized spacial score (nSPS) is 13.0. The predicted molar refractivity (Wildman–Crippen MR) is 279 cm³/mol. The van der Waals surface area contributed by atoms with Gasteiger partial charge in [0.15, 0.2) is 6.10 Å². The Morgan fingerprint density at radius 2 is 0.615 bits per heavy atom. The summed E-state index contributed by atoms with van der Waals surface area (Å²) in [5, 5.41) is 0. The Hall–Kier alpha value is -3.93. The second kappa shape index (κ2) is 52.7. The molecule has 0 amide bonds. The number of hydrogen-bond acceptors (Lipinski definition) is 6. The lowest BCUT2D eigenvalue weighted by molar-refractivity contribution is -0.167. The molecule has 6 heteroatoms. The van der Waals surface area contributed by atoms with Gasteiger partial charge in [0.05, 0.1) is 0 Å². The lowest BCUT2D eigenvalue weighted by Crippen LogP contribution is -2.30. The minimum Gasteiger partial charge on any atom is -0.462 e. The van der Waals surface area contributed by atoms with Gasteiger partial charge in [0.2, 0.25) is 0 Å². The van der Waals surface area contributed by atoms with Crippen molar-refractivity contribution < 1.29 is 28.6 Å². The molecule has 0 aromatic carbocycles. The Balaban J connectivity index is 4.46. The number of rotatable bonds is 46. The number of esters is 3. The second-order valence-corrected chi connectivity index (χ2v) is 17.2. The van der Waals surface area contributed by atoms with Crippen LogP contribution in [-0.2, 0) is 28.6 Å². The molecule has 0 radical (unpaired) electrons. The van der Waals surface area contributed by atoms with Gasteiger partial charge in [-0.15, -0.1) is 0 Å². The quantitative estimate of drug-likeness (QED) is 0.0199. The van der Waals surface area contributed by atoms with Gasteiger partial charge in [-0.1, -0.05) is 233 Å². The van der Waals surface area contributed by atoms with E-state index in [2.05, 4.69) is 69.4 Å². The highest BCUT2D eigenvalue weighted by Crippen LogP contribution is 2.14. The minimum absolute atomic E-state index is 0.105. The Labute approximate surface area is 400 Å². The molecule has 0 rings (SSSR count). The van der Waals surface area contributed by atoms with E-state index >= 15 is 0 Å². The molecule has 0 aliphatic heterocycles. The van der Waals surface area contributed by atoms with Crippen LogP contribution in [0.15, 0.2) is 109 Å². The molecule has 0 N–H and O–H groups in total. The number of ether oxygens (including phenoxy) is 3. The Bertz CT molecular complexity index is 1360. The van der Waals surface area contributed by atoms with Crippen molar-refractivity contribution in [3.8, 4) is 0 Å². The third kappa shape index (κ3) is 50.9. The van der Waals surface area contributed by atoms with E-state index in [9.17, 15) is 14.4 Å². The fourth-order valence-corrected chi connectivity index (χ4v) is 6.99. The van der Waals surface area contributed by atoms with Crippen LogP contribution in [-0.4, -0.2) is 37.2 Å². The van der Waals surface area contributed by atoms with Crippen molar-refractivity contribution in [2.24, 2.45) is 0 Å². The van der Waals surface area contributed by atoms with E-state index in [0.717, 1.165) is 96.3 Å². The van der Waals surface area contributed by atoms with Crippen molar-refractivity contribution in [3.63, 3.8) is 0 Å². The van der Waals surface area contributed by atoms with Crippen molar-refractivity contribution in [2.45, 2.75) is 232 Å². The molecule has 6 nitrogen and oxygen atoms in total. The maximum absolute atomic E-state index is 12.8. The van der Waals surface area contributed by atoms with E-state index in [-0.39, 0.29) is 37.5 Å². The number of carbonyl (C=O) groups excluding carboxylic acids is 3. The molecule has 1 atom stereocenters. The van der Waals surface area contributed by atoms with Crippen LogP contribution in [0.1, 0.15) is 226 Å². The molecule has 65 heavy (non-hydrogen) atoms. The topological polar surface area (TPSA) is 78.9 Å². The maximum Gasteiger partial charge on any atom is 0.306 e. The van der Waals surface area contributed by atoms with Crippen LogP contribution in [0.5, 0.6) is 0 Å². The van der Waals surface area contributed by atoms with Crippen molar-refractivity contribution in [3.05, 3.63) is 109 Å². The summed E-state index contributed by atoms with van der Waals surface area (Å²) in [6.45, 7) is 6.29. The van der Waals surface area contributed by atoms with Gasteiger partial charge in [0, 0.05) is 19.3 Å². The number of hydrogen-bond donors (Lipinski definition) is 0. The van der Waals surface area contributed by atoms with E-state index < -0.39 is 6.10 Å². The molecule has 0 spiro atoms. The zero-order chi connectivity index (χ0) is 47.2. The summed E-state index contributed by atoms with van der Waals surface area (Å²) in [5.41, 5.74) is 0. The number of unbranched alkanes of at least 4 members (excludes halogenated alkanes) is 23. The lowest BCUT2D eigenvalue weighted by atomic mass is 10.1. The zero-order valence-corrected chi connectivity index (χ0v) is 42.0. The van der Waals surface area contributed by atoms with Crippen molar-refractivity contribution in [1.29, 1.82) is 0 Å². The van der Waals surface area contributed by atoms with Crippen molar-refractivity contribution in [2.75, 3.05) is 13.2 Å². The van der Waals surface area contributed by atoms with Gasteiger partial charge < -0.3 is 14.2 Å². The van der Waals surface area contributed by atoms with Crippen LogP contribution >= 0.6 is 0 Å². The van der Waals surface area contributed by atoms with Crippen LogP contribution in [0.4, 0.5) is 0 Å². The smallest absolute Gasteiger partial charge is 0.306 e. The molecule has 368 valence electrons. The highest BCUT2D eigenvalue weighted by Gasteiger charge is 2.19. The highest BCUT2D eigenvalue weighted by atomic mass is 16.6. The van der Waals surface area contributed by atoms with Gasteiger partial charge in [-0.2, -0.15) is 0 Å². The molecule has 1 unspecified atom stereocenters. The molecule has 0 fully saturated rings. The van der Waals surface area contributed by atoms with E-state index in [1.54, 1.807) is 0 Å². The molecule has 0 heterocycles. The SMILES string of the molecule is CC\C=C/C=C\C=C/C=C\CCCCCCCC(=O)OC(COC(=O)CCCCC\C=C/C=C\C=C/C=C\CC)COC(=O)CCCCCCCCC/C=C\CCCCCCCCCC. The average Bonchev–Trinajstić information content (AvgIpc) is 3.30. The molecule has 0 aliphatic rings. The lowest BCUT2D eigenvalue weighted by Gasteiger charge is -2.18. The van der Waals surface area contributed by atoms with E-state index in [4.69, 9.17) is 14.2 Å². The largest absolute Gasteiger partial charge is 0.462 e. The van der Waals surface area contributed by atoms with Crippen LogP contribution in [0.2, 0.25) is 0 Å². The van der Waals surface area contributed by atoms with Gasteiger partial charge in [-0.3, -0.25) is 14.4 Å². The second-order valence-electron chi connectivity index (χ2n) is 17.2. The molecule has 0 saturated carbocycles. The zero-order valence-electron chi connectivity index (χ0n) is 42.0. The van der Waals surface area contributed by atoms with Crippen LogP contribution in [0.25, 0.3) is 0 Å². The molecule has 0 aromatic rings. The first kappa shape index (κ1) is 61.1. The number of allylic oxidation sites excluding steroid dienone is 18. The Morgan fingerprint density at radius 3 is 1.00 bits per heavy atom. The summed E-state index contributed by atoms with van der Waals surface area (Å²) in [4.78, 5) is 38.0. The summed E-state index contributed by atoms with van der Waals surface area (Å²) in [6, 6.07) is 0. The summed E-state index contributed by atoms with van der Waals surface area (Å²) >= 11 is 0. The van der Waals surface area contributed by atoms with Gasteiger partial charge in [0.1, 0.15) is 13.2 Å². The van der Waals surface area contributed by atoms with E-state index in [0.29, 0.717) is 12.8 Å². The van der Waals surface area contributed by atoms with Crippen molar-refractivity contribution >= 4 is 17.9 Å². The fraction of sp³-hybridized carbons (Fsp3) is 0.644. The first-order valence-electron chi connectivity index (χ1n) is 26.5. The monoisotopic (exact) mass is 901 g/mol. The van der Waals surface area contributed by atoms with Crippen LogP contribution < -0.4 is 0 Å². The standard InChI is InChI=1S/C59H96O6/c1-4-7-10-13-16-19-22-25-27-28-29-30-32-34-37-40-43-46-49-52-58(61)64-55-56(54-63-57(60)51-48-45-42-39-36-33-24-21-18-15-12-9-6-3)65-59(62)53-50-47-44-41-38-35-31-26-23-20-17-14-11-8-5-2/h8-9,11-12,14-15,17-18,20-21,23-24,26,28-29,31,33,36,56H,4-7,10,13,16,19,22,25,27,30,32,34-35,37-55H2,1-3H3/b11-8-,12-9-,17-14-,18-15-,23-20-,24-21-,29-28-,31-26-,36-33-. The fourth-order valence-electron chi connectivity index (χ4n) is 6.99. The predicted octanol–water partition coefficient (Wildman–Crippen LogP) is 17.5.